The molecule has 0 aliphatic carbocycles. The van der Waals surface area contributed by atoms with Crippen LogP contribution in [-0.4, -0.2) is 17.3 Å². The highest BCUT2D eigenvalue weighted by atomic mass is 16.1. The van der Waals surface area contributed by atoms with Gasteiger partial charge in [-0.2, -0.15) is 0 Å². The fraction of sp³-hybridized carbons (Fsp3) is 0.294. The molecule has 0 saturated heterocycles. The molecule has 3 nitrogen and oxygen atoms in total. The summed E-state index contributed by atoms with van der Waals surface area (Å²) in [5, 5.41) is 0. The lowest BCUT2D eigenvalue weighted by Gasteiger charge is -2.24. The van der Waals surface area contributed by atoms with Crippen LogP contribution < -0.4 is 4.90 Å². The van der Waals surface area contributed by atoms with Gasteiger partial charge in [-0.25, -0.2) is 4.98 Å². The lowest BCUT2D eigenvalue weighted by molar-refractivity contribution is 0.101. The fourth-order valence-electron chi connectivity index (χ4n) is 2.71. The number of carbonyl (C=O) groups is 1. The van der Waals surface area contributed by atoms with Crippen molar-refractivity contribution in [2.45, 2.75) is 26.2 Å². The van der Waals surface area contributed by atoms with Crippen molar-refractivity contribution in [3.63, 3.8) is 0 Å². The molecule has 0 amide bonds. The number of anilines is 2. The summed E-state index contributed by atoms with van der Waals surface area (Å²) in [7, 11) is 0. The monoisotopic (exact) mass is 266 g/mol. The van der Waals surface area contributed by atoms with Gasteiger partial charge in [0, 0.05) is 24.0 Å². The van der Waals surface area contributed by atoms with Crippen molar-refractivity contribution in [2.24, 2.45) is 0 Å². The Morgan fingerprint density at radius 3 is 2.90 bits per heavy atom. The topological polar surface area (TPSA) is 33.2 Å². The predicted molar refractivity (Wildman–Crippen MR) is 80.6 cm³/mol. The third-order valence-corrected chi connectivity index (χ3v) is 3.79. The summed E-state index contributed by atoms with van der Waals surface area (Å²) in [4.78, 5) is 18.2. The number of Topliss-reactive ketones (excluding diaryl/α,β-unsaturated/α-hetero) is 1. The van der Waals surface area contributed by atoms with Gasteiger partial charge in [0.2, 0.25) is 0 Å². The summed E-state index contributed by atoms with van der Waals surface area (Å²) in [5.74, 6) is 0.948. The Bertz CT molecular complexity index is 636. The molecule has 2 heterocycles. The van der Waals surface area contributed by atoms with E-state index in [1.165, 1.54) is 17.7 Å². The average Bonchev–Trinajstić information content (AvgIpc) is 2.69. The summed E-state index contributed by atoms with van der Waals surface area (Å²) in [6.45, 7) is 2.54. The van der Waals surface area contributed by atoms with E-state index in [2.05, 4.69) is 34.1 Å². The van der Waals surface area contributed by atoms with Crippen LogP contribution in [0.4, 0.5) is 11.5 Å². The van der Waals surface area contributed by atoms with Gasteiger partial charge in [0.25, 0.3) is 0 Å². The Balaban J connectivity index is 2.05. The number of nitrogens with zero attached hydrogens (tertiary/aromatic N) is 2. The molecule has 3 heteroatoms. The van der Waals surface area contributed by atoms with E-state index in [1.54, 1.807) is 19.2 Å². The first-order chi connectivity index (χ1) is 9.75. The molecule has 102 valence electrons. The Kier molecular flexibility index (Phi) is 3.50. The van der Waals surface area contributed by atoms with Crippen molar-refractivity contribution in [1.29, 1.82) is 0 Å². The van der Waals surface area contributed by atoms with Crippen LogP contribution in [0.3, 0.4) is 0 Å². The number of rotatable bonds is 2. The van der Waals surface area contributed by atoms with Crippen molar-refractivity contribution in [1.82, 2.24) is 4.98 Å². The molecule has 0 saturated carbocycles. The smallest absolute Gasteiger partial charge is 0.159 e. The molecule has 20 heavy (non-hydrogen) atoms. The molecule has 0 fully saturated rings. The molecule has 0 bridgehead atoms. The lowest BCUT2D eigenvalue weighted by atomic mass is 10.1. The Hall–Kier alpha value is -2.16. The number of fused-ring (bicyclic) bond motifs is 1. The zero-order valence-corrected chi connectivity index (χ0v) is 11.7. The third kappa shape index (κ3) is 2.44. The van der Waals surface area contributed by atoms with Crippen molar-refractivity contribution in [3.8, 4) is 0 Å². The normalized spacial score (nSPS) is 14.6. The van der Waals surface area contributed by atoms with E-state index in [0.29, 0.717) is 0 Å². The highest BCUT2D eigenvalue weighted by Crippen LogP contribution is 2.31. The molecule has 1 aliphatic rings. The van der Waals surface area contributed by atoms with E-state index < -0.39 is 0 Å². The molecule has 3 rings (SSSR count). The number of carbonyl (C=O) groups excluding carboxylic acids is 1. The minimum atomic E-state index is 0.0803. The molecule has 0 atom stereocenters. The van der Waals surface area contributed by atoms with Gasteiger partial charge in [0.05, 0.1) is 0 Å². The molecule has 0 spiro atoms. The van der Waals surface area contributed by atoms with Crippen molar-refractivity contribution < 1.29 is 4.79 Å². The molecular formula is C17H18N2O. The number of pyridine rings is 1. The second-order valence-corrected chi connectivity index (χ2v) is 5.20. The maximum atomic E-state index is 11.5. The summed E-state index contributed by atoms with van der Waals surface area (Å²) in [6.07, 6.45) is 5.17. The summed E-state index contributed by atoms with van der Waals surface area (Å²) in [6, 6.07) is 12.1. The standard InChI is InChI=1S/C17H18N2O/c1-13(20)15-9-10-18-17(12-15)19-11-5-4-7-14-6-2-3-8-16(14)19/h2-3,6,8-10,12H,4-5,7,11H2,1H3. The van der Waals surface area contributed by atoms with Gasteiger partial charge in [-0.15, -0.1) is 0 Å². The van der Waals surface area contributed by atoms with Gasteiger partial charge >= 0.3 is 0 Å². The highest BCUT2D eigenvalue weighted by molar-refractivity contribution is 5.94. The van der Waals surface area contributed by atoms with Crippen LogP contribution >= 0.6 is 0 Å². The summed E-state index contributed by atoms with van der Waals surface area (Å²) >= 11 is 0. The molecule has 1 aromatic heterocycles. The average molecular weight is 266 g/mol. The quantitative estimate of drug-likeness (QED) is 0.776. The van der Waals surface area contributed by atoms with Gasteiger partial charge in [-0.05, 0) is 49.9 Å². The lowest BCUT2D eigenvalue weighted by Crippen LogP contribution is -2.19. The van der Waals surface area contributed by atoms with Crippen LogP contribution in [0.2, 0.25) is 0 Å². The summed E-state index contributed by atoms with van der Waals surface area (Å²) < 4.78 is 0. The number of aryl methyl sites for hydroxylation is 1. The van der Waals surface area contributed by atoms with Crippen LogP contribution in [0.15, 0.2) is 42.6 Å². The number of para-hydroxylation sites is 1. The third-order valence-electron chi connectivity index (χ3n) is 3.79. The molecule has 1 aliphatic heterocycles. The molecule has 0 unspecified atom stereocenters. The second kappa shape index (κ2) is 5.45. The van der Waals surface area contributed by atoms with E-state index in [9.17, 15) is 4.79 Å². The number of aromatic nitrogens is 1. The maximum Gasteiger partial charge on any atom is 0.159 e. The maximum absolute atomic E-state index is 11.5. The summed E-state index contributed by atoms with van der Waals surface area (Å²) in [5.41, 5.74) is 3.30. The Labute approximate surface area is 119 Å². The zero-order chi connectivity index (χ0) is 13.9. The van der Waals surface area contributed by atoms with Crippen LogP contribution in [-0.2, 0) is 6.42 Å². The van der Waals surface area contributed by atoms with E-state index in [1.807, 2.05) is 6.07 Å². The van der Waals surface area contributed by atoms with Crippen molar-refractivity contribution >= 4 is 17.3 Å². The van der Waals surface area contributed by atoms with Crippen molar-refractivity contribution in [2.75, 3.05) is 11.4 Å². The van der Waals surface area contributed by atoms with Crippen LogP contribution in [0.1, 0.15) is 35.7 Å². The van der Waals surface area contributed by atoms with Gasteiger partial charge in [0.1, 0.15) is 5.82 Å². The molecule has 1 aromatic carbocycles. The number of ketones is 1. The minimum Gasteiger partial charge on any atom is -0.326 e. The van der Waals surface area contributed by atoms with Crippen LogP contribution in [0, 0.1) is 0 Å². The first-order valence-electron chi connectivity index (χ1n) is 7.08. The van der Waals surface area contributed by atoms with E-state index in [-0.39, 0.29) is 5.78 Å². The number of hydrogen-bond donors (Lipinski definition) is 0. The van der Waals surface area contributed by atoms with E-state index in [0.717, 1.165) is 30.8 Å². The number of benzene rings is 1. The SMILES string of the molecule is CC(=O)c1ccnc(N2CCCCc3ccccc32)c1. The second-order valence-electron chi connectivity index (χ2n) is 5.20. The Morgan fingerprint density at radius 1 is 1.20 bits per heavy atom. The van der Waals surface area contributed by atoms with Crippen LogP contribution in [0.25, 0.3) is 0 Å². The fourth-order valence-corrected chi connectivity index (χ4v) is 2.71. The minimum absolute atomic E-state index is 0.0803. The largest absolute Gasteiger partial charge is 0.326 e. The van der Waals surface area contributed by atoms with E-state index in [4.69, 9.17) is 0 Å². The molecule has 0 radical (unpaired) electrons. The van der Waals surface area contributed by atoms with Gasteiger partial charge in [-0.1, -0.05) is 18.2 Å². The molecule has 2 aromatic rings. The first-order valence-corrected chi connectivity index (χ1v) is 7.08. The first kappa shape index (κ1) is 12.9. The van der Waals surface area contributed by atoms with E-state index >= 15 is 0 Å². The van der Waals surface area contributed by atoms with Gasteiger partial charge in [-0.3, -0.25) is 4.79 Å². The number of hydrogen-bond acceptors (Lipinski definition) is 3. The predicted octanol–water partition coefficient (Wildman–Crippen LogP) is 3.76. The van der Waals surface area contributed by atoms with Crippen LogP contribution in [0.5, 0.6) is 0 Å². The highest BCUT2D eigenvalue weighted by Gasteiger charge is 2.17. The zero-order valence-electron chi connectivity index (χ0n) is 11.7. The van der Waals surface area contributed by atoms with Gasteiger partial charge in [0.15, 0.2) is 5.78 Å². The van der Waals surface area contributed by atoms with Crippen molar-refractivity contribution in [3.05, 3.63) is 53.7 Å². The molecular weight excluding hydrogens is 248 g/mol. The molecule has 0 N–H and O–H groups in total. The van der Waals surface area contributed by atoms with Gasteiger partial charge < -0.3 is 4.90 Å². The Morgan fingerprint density at radius 2 is 2.05 bits per heavy atom.